The normalized spacial score (nSPS) is 11.2. The van der Waals surface area contributed by atoms with Gasteiger partial charge in [0.25, 0.3) is 0 Å². The maximum atomic E-state index is 4.93. The Morgan fingerprint density at radius 1 is 0.450 bits per heavy atom. The van der Waals surface area contributed by atoms with Gasteiger partial charge in [-0.3, -0.25) is 0 Å². The van der Waals surface area contributed by atoms with E-state index in [1.54, 1.807) is 0 Å². The van der Waals surface area contributed by atoms with Crippen LogP contribution >= 0.6 is 0 Å². The fraction of sp³-hybridized carbons (Fsp3) is 0.162. The van der Waals surface area contributed by atoms with E-state index in [0.717, 1.165) is 22.6 Å². The molecule has 5 aromatic rings. The molecule has 0 saturated carbocycles. The van der Waals surface area contributed by atoms with E-state index in [4.69, 9.17) is 5.10 Å². The number of hydrazone groups is 1. The van der Waals surface area contributed by atoms with Crippen molar-refractivity contribution in [1.29, 1.82) is 0 Å². The molecule has 0 amide bonds. The molecule has 0 N–H and O–H groups in total. The van der Waals surface area contributed by atoms with Gasteiger partial charge in [-0.2, -0.15) is 5.10 Å². The number of hydrogen-bond donors (Lipinski definition) is 0. The van der Waals surface area contributed by atoms with Gasteiger partial charge >= 0.3 is 0 Å². The average Bonchev–Trinajstić information content (AvgIpc) is 2.93. The number of nitrogens with zero attached hydrogens (tertiary/aromatic N) is 3. The van der Waals surface area contributed by atoms with Crippen LogP contribution in [0.5, 0.6) is 0 Å². The number of aryl methyl sites for hydroxylation is 6. The van der Waals surface area contributed by atoms with Crippen molar-refractivity contribution in [2.45, 2.75) is 41.5 Å². The second-order valence-corrected chi connectivity index (χ2v) is 10.7. The molecule has 0 saturated heterocycles. The van der Waals surface area contributed by atoms with E-state index >= 15 is 0 Å². The summed E-state index contributed by atoms with van der Waals surface area (Å²) < 4.78 is 0. The minimum Gasteiger partial charge on any atom is -0.310 e. The lowest BCUT2D eigenvalue weighted by molar-refractivity contribution is 1.09. The van der Waals surface area contributed by atoms with Gasteiger partial charge < -0.3 is 4.90 Å². The lowest BCUT2D eigenvalue weighted by atomic mass is 10.0. The van der Waals surface area contributed by atoms with Crippen LogP contribution in [-0.4, -0.2) is 6.21 Å². The zero-order chi connectivity index (χ0) is 28.2. The Balaban J connectivity index is 1.50. The molecule has 0 atom stereocenters. The molecule has 0 aliphatic rings. The molecule has 5 aromatic carbocycles. The van der Waals surface area contributed by atoms with E-state index in [0.29, 0.717) is 0 Å². The van der Waals surface area contributed by atoms with Gasteiger partial charge in [0, 0.05) is 17.1 Å². The van der Waals surface area contributed by atoms with Crippen molar-refractivity contribution in [3.05, 3.63) is 148 Å². The van der Waals surface area contributed by atoms with Crippen molar-refractivity contribution in [2.24, 2.45) is 5.10 Å². The lowest BCUT2D eigenvalue weighted by Gasteiger charge is -2.29. The first-order chi connectivity index (χ1) is 19.3. The summed E-state index contributed by atoms with van der Waals surface area (Å²) in [7, 11) is 0. The molecule has 0 fully saturated rings. The summed E-state index contributed by atoms with van der Waals surface area (Å²) >= 11 is 0. The molecule has 3 heteroatoms. The molecule has 0 aliphatic heterocycles. The molecule has 0 bridgehead atoms. The standard InChI is InChI=1S/C37H37N3/c1-26-7-15-34(16-8-26)40(35-17-9-27(2)10-18-35)38-25-32-13-19-33(20-14-32)39(36-21-11-28(3)23-30(36)5)37-22-12-29(4)24-31(37)6/h7-25H,1-6H3/b38-25+. The number of benzene rings is 5. The summed E-state index contributed by atoms with van der Waals surface area (Å²) in [6.45, 7) is 12.9. The Morgan fingerprint density at radius 3 is 1.27 bits per heavy atom. The maximum Gasteiger partial charge on any atom is 0.0652 e. The van der Waals surface area contributed by atoms with Crippen molar-refractivity contribution in [1.82, 2.24) is 0 Å². The smallest absolute Gasteiger partial charge is 0.0652 e. The Kier molecular flexibility index (Phi) is 7.84. The molecular weight excluding hydrogens is 486 g/mol. The van der Waals surface area contributed by atoms with Crippen molar-refractivity contribution in [2.75, 3.05) is 9.91 Å². The van der Waals surface area contributed by atoms with Crippen LogP contribution in [0.4, 0.5) is 28.4 Å². The Bertz CT molecular complexity index is 1530. The molecule has 0 aromatic heterocycles. The van der Waals surface area contributed by atoms with Gasteiger partial charge in [-0.15, -0.1) is 0 Å². The second-order valence-electron chi connectivity index (χ2n) is 10.7. The molecule has 200 valence electrons. The van der Waals surface area contributed by atoms with Crippen LogP contribution < -0.4 is 9.91 Å². The third-order valence-corrected chi connectivity index (χ3v) is 7.22. The summed E-state index contributed by atoms with van der Waals surface area (Å²) in [6.07, 6.45) is 1.93. The highest BCUT2D eigenvalue weighted by atomic mass is 15.5. The summed E-state index contributed by atoms with van der Waals surface area (Å²) in [5.41, 5.74) is 14.0. The Hall–Kier alpha value is -4.63. The monoisotopic (exact) mass is 523 g/mol. The van der Waals surface area contributed by atoms with Crippen LogP contribution in [-0.2, 0) is 0 Å². The van der Waals surface area contributed by atoms with E-state index in [1.165, 1.54) is 44.8 Å². The van der Waals surface area contributed by atoms with Crippen molar-refractivity contribution in [3.8, 4) is 0 Å². The predicted octanol–water partition coefficient (Wildman–Crippen LogP) is 10.2. The highest BCUT2D eigenvalue weighted by Crippen LogP contribution is 2.38. The fourth-order valence-electron chi connectivity index (χ4n) is 5.01. The average molecular weight is 524 g/mol. The number of hydrogen-bond acceptors (Lipinski definition) is 3. The minimum absolute atomic E-state index is 1.03. The van der Waals surface area contributed by atoms with E-state index in [-0.39, 0.29) is 0 Å². The first kappa shape index (κ1) is 27.0. The molecular formula is C37H37N3. The van der Waals surface area contributed by atoms with Crippen LogP contribution in [0.25, 0.3) is 0 Å². The van der Waals surface area contributed by atoms with Crippen molar-refractivity contribution in [3.63, 3.8) is 0 Å². The van der Waals surface area contributed by atoms with E-state index in [1.807, 2.05) is 11.2 Å². The van der Waals surface area contributed by atoms with E-state index in [9.17, 15) is 0 Å². The van der Waals surface area contributed by atoms with Gasteiger partial charge in [-0.1, -0.05) is 82.9 Å². The van der Waals surface area contributed by atoms with Gasteiger partial charge in [-0.25, -0.2) is 5.01 Å². The third-order valence-electron chi connectivity index (χ3n) is 7.22. The lowest BCUT2D eigenvalue weighted by Crippen LogP contribution is -2.13. The Labute approximate surface area is 239 Å². The SMILES string of the molecule is Cc1ccc(N(/N=C/c2ccc(N(c3ccc(C)cc3C)c3ccc(C)cc3C)cc2)c2ccc(C)cc2)cc1. The zero-order valence-corrected chi connectivity index (χ0v) is 24.3. The largest absolute Gasteiger partial charge is 0.310 e. The molecule has 0 spiro atoms. The van der Waals surface area contributed by atoms with Crippen molar-refractivity contribution >= 4 is 34.7 Å². The van der Waals surface area contributed by atoms with Crippen LogP contribution in [0.15, 0.2) is 114 Å². The van der Waals surface area contributed by atoms with Gasteiger partial charge in [0.15, 0.2) is 0 Å². The van der Waals surface area contributed by atoms with Crippen LogP contribution in [0.1, 0.15) is 38.9 Å². The Morgan fingerprint density at radius 2 is 0.850 bits per heavy atom. The van der Waals surface area contributed by atoms with Crippen LogP contribution in [0.2, 0.25) is 0 Å². The highest BCUT2D eigenvalue weighted by molar-refractivity contribution is 5.85. The molecule has 0 unspecified atom stereocenters. The van der Waals surface area contributed by atoms with Gasteiger partial charge in [0.1, 0.15) is 0 Å². The van der Waals surface area contributed by atoms with Gasteiger partial charge in [-0.05, 0) is 107 Å². The van der Waals surface area contributed by atoms with Gasteiger partial charge in [0.05, 0.1) is 17.6 Å². The molecule has 0 aliphatic carbocycles. The van der Waals surface area contributed by atoms with Crippen LogP contribution in [0.3, 0.4) is 0 Å². The highest BCUT2D eigenvalue weighted by Gasteiger charge is 2.17. The van der Waals surface area contributed by atoms with Crippen molar-refractivity contribution < 1.29 is 0 Å². The summed E-state index contributed by atoms with van der Waals surface area (Å²) in [5, 5.41) is 6.92. The quantitative estimate of drug-likeness (QED) is 0.156. The van der Waals surface area contributed by atoms with Gasteiger partial charge in [0.2, 0.25) is 0 Å². The molecule has 40 heavy (non-hydrogen) atoms. The molecule has 0 heterocycles. The predicted molar refractivity (Wildman–Crippen MR) is 172 cm³/mol. The van der Waals surface area contributed by atoms with Crippen LogP contribution in [0, 0.1) is 41.5 Å². The first-order valence-corrected chi connectivity index (χ1v) is 13.8. The second kappa shape index (κ2) is 11.6. The molecule has 0 radical (unpaired) electrons. The fourth-order valence-corrected chi connectivity index (χ4v) is 5.01. The zero-order valence-electron chi connectivity index (χ0n) is 24.3. The number of anilines is 5. The first-order valence-electron chi connectivity index (χ1n) is 13.8. The summed E-state index contributed by atoms with van der Waals surface area (Å²) in [4.78, 5) is 2.36. The molecule has 5 rings (SSSR count). The maximum absolute atomic E-state index is 4.93. The molecule has 3 nitrogen and oxygen atoms in total. The van der Waals surface area contributed by atoms with E-state index in [2.05, 4.69) is 156 Å². The summed E-state index contributed by atoms with van der Waals surface area (Å²) in [5.74, 6) is 0. The van der Waals surface area contributed by atoms with E-state index < -0.39 is 0 Å². The number of rotatable bonds is 7. The topological polar surface area (TPSA) is 18.8 Å². The third kappa shape index (κ3) is 6.00. The minimum atomic E-state index is 1.03. The summed E-state index contributed by atoms with van der Waals surface area (Å²) in [6, 6.07) is 38.9.